The van der Waals surface area contributed by atoms with E-state index in [0.717, 1.165) is 4.47 Å². The summed E-state index contributed by atoms with van der Waals surface area (Å²) in [6, 6.07) is 5.28. The summed E-state index contributed by atoms with van der Waals surface area (Å²) >= 11 is 8.30. The van der Waals surface area contributed by atoms with E-state index >= 15 is 0 Å². The number of carbonyl (C=O) groups excluding carboxylic acids is 1. The summed E-state index contributed by atoms with van der Waals surface area (Å²) in [5.74, 6) is 0.253. The standard InChI is InChI=1S/C12H15BrN2O2S/c1-3-14-12(18)15-11(16)9-7-8(13)5-6-10(9)17-4-2/h5-7H,3-4H2,1-2H3,(H2,14,15,16,18). The van der Waals surface area contributed by atoms with Crippen LogP contribution in [-0.4, -0.2) is 24.2 Å². The molecule has 0 aliphatic carbocycles. The molecular formula is C12H15BrN2O2S. The second-order valence-electron chi connectivity index (χ2n) is 3.39. The van der Waals surface area contributed by atoms with E-state index in [1.54, 1.807) is 12.1 Å². The third kappa shape index (κ3) is 4.27. The zero-order valence-corrected chi connectivity index (χ0v) is 12.7. The minimum absolute atomic E-state index is 0.286. The van der Waals surface area contributed by atoms with Gasteiger partial charge in [-0.05, 0) is 44.3 Å². The van der Waals surface area contributed by atoms with E-state index in [0.29, 0.717) is 29.6 Å². The van der Waals surface area contributed by atoms with Gasteiger partial charge in [-0.1, -0.05) is 15.9 Å². The molecule has 4 nitrogen and oxygen atoms in total. The van der Waals surface area contributed by atoms with Gasteiger partial charge in [0.1, 0.15) is 5.75 Å². The quantitative estimate of drug-likeness (QED) is 0.833. The monoisotopic (exact) mass is 330 g/mol. The molecular weight excluding hydrogens is 316 g/mol. The Kier molecular flexibility index (Phi) is 6.07. The van der Waals surface area contributed by atoms with Crippen molar-refractivity contribution in [1.82, 2.24) is 10.6 Å². The third-order valence-electron chi connectivity index (χ3n) is 2.05. The molecule has 2 N–H and O–H groups in total. The second-order valence-corrected chi connectivity index (χ2v) is 4.71. The fraction of sp³-hybridized carbons (Fsp3) is 0.333. The fourth-order valence-corrected chi connectivity index (χ4v) is 1.93. The summed E-state index contributed by atoms with van der Waals surface area (Å²) in [7, 11) is 0. The van der Waals surface area contributed by atoms with Crippen molar-refractivity contribution >= 4 is 39.2 Å². The van der Waals surface area contributed by atoms with E-state index in [-0.39, 0.29) is 5.91 Å². The molecule has 0 radical (unpaired) electrons. The number of rotatable bonds is 4. The first kappa shape index (κ1) is 14.9. The van der Waals surface area contributed by atoms with Crippen molar-refractivity contribution in [1.29, 1.82) is 0 Å². The summed E-state index contributed by atoms with van der Waals surface area (Å²) in [6.45, 7) is 4.94. The highest BCUT2D eigenvalue weighted by atomic mass is 79.9. The van der Waals surface area contributed by atoms with Crippen molar-refractivity contribution < 1.29 is 9.53 Å². The molecule has 0 bridgehead atoms. The molecule has 0 aliphatic rings. The number of nitrogens with one attached hydrogen (secondary N) is 2. The molecule has 0 aliphatic heterocycles. The molecule has 98 valence electrons. The molecule has 0 aromatic heterocycles. The molecule has 18 heavy (non-hydrogen) atoms. The Morgan fingerprint density at radius 2 is 2.17 bits per heavy atom. The van der Waals surface area contributed by atoms with Gasteiger partial charge in [0.2, 0.25) is 0 Å². The van der Waals surface area contributed by atoms with Crippen LogP contribution in [0, 0.1) is 0 Å². The fourth-order valence-electron chi connectivity index (χ4n) is 1.34. The van der Waals surface area contributed by atoms with Crippen LogP contribution in [0.3, 0.4) is 0 Å². The predicted octanol–water partition coefficient (Wildman–Crippen LogP) is 2.47. The molecule has 1 aromatic carbocycles. The van der Waals surface area contributed by atoms with Crippen molar-refractivity contribution in [3.63, 3.8) is 0 Å². The number of halogens is 1. The van der Waals surface area contributed by atoms with Gasteiger partial charge >= 0.3 is 0 Å². The minimum atomic E-state index is -0.286. The van der Waals surface area contributed by atoms with Crippen molar-refractivity contribution in [2.45, 2.75) is 13.8 Å². The lowest BCUT2D eigenvalue weighted by atomic mass is 10.2. The lowest BCUT2D eigenvalue weighted by Crippen LogP contribution is -2.39. The van der Waals surface area contributed by atoms with Crippen LogP contribution < -0.4 is 15.4 Å². The number of amides is 1. The Morgan fingerprint density at radius 1 is 1.44 bits per heavy atom. The van der Waals surface area contributed by atoms with Crippen LogP contribution in [-0.2, 0) is 0 Å². The molecule has 0 atom stereocenters. The minimum Gasteiger partial charge on any atom is -0.493 e. The molecule has 1 amide bonds. The van der Waals surface area contributed by atoms with Gasteiger partial charge in [0.25, 0.3) is 5.91 Å². The number of ether oxygens (including phenoxy) is 1. The van der Waals surface area contributed by atoms with Crippen LogP contribution in [0.2, 0.25) is 0 Å². The molecule has 6 heteroatoms. The van der Waals surface area contributed by atoms with Gasteiger partial charge < -0.3 is 10.1 Å². The van der Waals surface area contributed by atoms with Crippen LogP contribution in [0.5, 0.6) is 5.75 Å². The maximum atomic E-state index is 12.0. The van der Waals surface area contributed by atoms with Crippen LogP contribution >= 0.6 is 28.1 Å². The van der Waals surface area contributed by atoms with Crippen LogP contribution in [0.4, 0.5) is 0 Å². The largest absolute Gasteiger partial charge is 0.493 e. The maximum absolute atomic E-state index is 12.0. The van der Waals surface area contributed by atoms with Gasteiger partial charge in [-0.15, -0.1) is 0 Å². The Bertz CT molecular complexity index is 452. The SMILES string of the molecule is CCNC(=S)NC(=O)c1cc(Br)ccc1OCC. The summed E-state index contributed by atoms with van der Waals surface area (Å²) < 4.78 is 6.22. The molecule has 0 unspecified atom stereocenters. The highest BCUT2D eigenvalue weighted by Crippen LogP contribution is 2.23. The molecule has 1 rings (SSSR count). The molecule has 0 saturated carbocycles. The average Bonchev–Trinajstić information content (AvgIpc) is 2.32. The van der Waals surface area contributed by atoms with Crippen LogP contribution in [0.1, 0.15) is 24.2 Å². The lowest BCUT2D eigenvalue weighted by Gasteiger charge is -2.12. The highest BCUT2D eigenvalue weighted by molar-refractivity contribution is 9.10. The zero-order chi connectivity index (χ0) is 13.5. The Hall–Kier alpha value is -1.14. The molecule has 0 heterocycles. The number of carbonyl (C=O) groups is 1. The van der Waals surface area contributed by atoms with E-state index in [4.69, 9.17) is 17.0 Å². The molecule has 0 spiro atoms. The summed E-state index contributed by atoms with van der Waals surface area (Å²) in [5.41, 5.74) is 0.450. The van der Waals surface area contributed by atoms with Gasteiger partial charge in [0.05, 0.1) is 12.2 Å². The smallest absolute Gasteiger partial charge is 0.261 e. The van der Waals surface area contributed by atoms with Gasteiger partial charge in [0.15, 0.2) is 5.11 Å². The summed E-state index contributed by atoms with van der Waals surface area (Å²) in [6.07, 6.45) is 0. The van der Waals surface area contributed by atoms with E-state index < -0.39 is 0 Å². The van der Waals surface area contributed by atoms with E-state index in [1.165, 1.54) is 0 Å². The van der Waals surface area contributed by atoms with Gasteiger partial charge in [-0.2, -0.15) is 0 Å². The topological polar surface area (TPSA) is 50.4 Å². The van der Waals surface area contributed by atoms with E-state index in [2.05, 4.69) is 26.6 Å². The van der Waals surface area contributed by atoms with Gasteiger partial charge in [0, 0.05) is 11.0 Å². The van der Waals surface area contributed by atoms with E-state index in [1.807, 2.05) is 19.9 Å². The van der Waals surface area contributed by atoms with Gasteiger partial charge in [-0.25, -0.2) is 0 Å². The Balaban J connectivity index is 2.89. The Labute approximate surface area is 120 Å². The van der Waals surface area contributed by atoms with Crippen molar-refractivity contribution in [2.24, 2.45) is 0 Å². The number of thiocarbonyl (C=S) groups is 1. The first-order chi connectivity index (χ1) is 8.58. The second kappa shape index (κ2) is 7.33. The average molecular weight is 331 g/mol. The maximum Gasteiger partial charge on any atom is 0.261 e. The molecule has 0 saturated heterocycles. The van der Waals surface area contributed by atoms with Crippen LogP contribution in [0.25, 0.3) is 0 Å². The predicted molar refractivity (Wildman–Crippen MR) is 79.1 cm³/mol. The first-order valence-electron chi connectivity index (χ1n) is 5.60. The third-order valence-corrected chi connectivity index (χ3v) is 2.79. The summed E-state index contributed by atoms with van der Waals surface area (Å²) in [5, 5.41) is 5.77. The van der Waals surface area contributed by atoms with Crippen molar-refractivity contribution in [3.05, 3.63) is 28.2 Å². The lowest BCUT2D eigenvalue weighted by molar-refractivity contribution is 0.0973. The number of benzene rings is 1. The summed E-state index contributed by atoms with van der Waals surface area (Å²) in [4.78, 5) is 12.0. The van der Waals surface area contributed by atoms with Crippen molar-refractivity contribution in [2.75, 3.05) is 13.2 Å². The Morgan fingerprint density at radius 3 is 2.78 bits per heavy atom. The van der Waals surface area contributed by atoms with Gasteiger partial charge in [-0.3, -0.25) is 10.1 Å². The zero-order valence-electron chi connectivity index (χ0n) is 10.2. The van der Waals surface area contributed by atoms with E-state index in [9.17, 15) is 4.79 Å². The number of hydrogen-bond acceptors (Lipinski definition) is 3. The number of hydrogen-bond donors (Lipinski definition) is 2. The van der Waals surface area contributed by atoms with Crippen LogP contribution in [0.15, 0.2) is 22.7 Å². The molecule has 0 fully saturated rings. The first-order valence-corrected chi connectivity index (χ1v) is 6.80. The molecule has 1 aromatic rings. The normalized spacial score (nSPS) is 9.72. The van der Waals surface area contributed by atoms with Crippen molar-refractivity contribution in [3.8, 4) is 5.75 Å². The highest BCUT2D eigenvalue weighted by Gasteiger charge is 2.14.